The maximum atomic E-state index is 10.6. The Morgan fingerprint density at radius 2 is 0.879 bits per heavy atom. The lowest BCUT2D eigenvalue weighted by atomic mass is 10.2. The highest BCUT2D eigenvalue weighted by molar-refractivity contribution is 5.65. The lowest BCUT2D eigenvalue weighted by Crippen LogP contribution is -2.13. The van der Waals surface area contributed by atoms with Gasteiger partial charge in [0.25, 0.3) is 0 Å². The first-order valence-corrected chi connectivity index (χ1v) is 10.6. The van der Waals surface area contributed by atoms with E-state index in [0.29, 0.717) is 62.5 Å². The Kier molecular flexibility index (Phi) is 7.93. The quantitative estimate of drug-likeness (QED) is 0.452. The van der Waals surface area contributed by atoms with Crippen molar-refractivity contribution in [2.45, 2.75) is 0 Å². The second-order valence-corrected chi connectivity index (χ2v) is 6.90. The number of azo groups is 2. The molecule has 0 spiro atoms. The van der Waals surface area contributed by atoms with Crippen molar-refractivity contribution in [1.29, 1.82) is 0 Å². The van der Waals surface area contributed by atoms with E-state index in [-0.39, 0.29) is 17.1 Å². The normalized spacial score (nSPS) is 15.3. The molecular weight excluding hydrogens is 424 g/mol. The Morgan fingerprint density at radius 3 is 1.39 bits per heavy atom. The molecule has 33 heavy (non-hydrogen) atoms. The Morgan fingerprint density at radius 1 is 0.485 bits per heavy atom. The molecule has 0 amide bonds. The van der Waals surface area contributed by atoms with Crippen molar-refractivity contribution in [2.75, 3.05) is 39.6 Å². The summed E-state index contributed by atoms with van der Waals surface area (Å²) in [5, 5.41) is 27.5. The fourth-order valence-corrected chi connectivity index (χ4v) is 2.96. The first-order valence-electron chi connectivity index (χ1n) is 10.6. The van der Waals surface area contributed by atoms with Crippen LogP contribution >= 0.6 is 0 Å². The topological polar surface area (TPSA) is 107 Å². The van der Waals surface area contributed by atoms with E-state index in [1.165, 1.54) is 0 Å². The number of ether oxygens (including phenoxy) is 4. The van der Waals surface area contributed by atoms with E-state index in [1.54, 1.807) is 42.5 Å². The van der Waals surface area contributed by atoms with Crippen LogP contribution in [-0.4, -0.2) is 44.7 Å². The Hall–Kier alpha value is -3.82. The molecule has 9 nitrogen and oxygen atoms in total. The number of para-hydroxylation sites is 3. The molecule has 0 aromatic heterocycles. The first-order chi connectivity index (χ1) is 16.3. The van der Waals surface area contributed by atoms with Crippen molar-refractivity contribution in [3.05, 3.63) is 66.7 Å². The minimum absolute atomic E-state index is 0.130. The van der Waals surface area contributed by atoms with Crippen LogP contribution in [-0.2, 0) is 9.47 Å². The van der Waals surface area contributed by atoms with E-state index in [4.69, 9.17) is 18.9 Å². The summed E-state index contributed by atoms with van der Waals surface area (Å²) in [4.78, 5) is 0. The molecule has 0 unspecified atom stereocenters. The lowest BCUT2D eigenvalue weighted by molar-refractivity contribution is 0.0274. The smallest absolute Gasteiger partial charge is 0.171 e. The van der Waals surface area contributed by atoms with Gasteiger partial charge < -0.3 is 24.1 Å². The zero-order valence-electron chi connectivity index (χ0n) is 18.0. The summed E-state index contributed by atoms with van der Waals surface area (Å²) < 4.78 is 22.6. The van der Waals surface area contributed by atoms with Gasteiger partial charge in [0.2, 0.25) is 0 Å². The van der Waals surface area contributed by atoms with Crippen molar-refractivity contribution in [3.63, 3.8) is 0 Å². The third-order valence-corrected chi connectivity index (χ3v) is 4.60. The number of benzene rings is 3. The summed E-state index contributed by atoms with van der Waals surface area (Å²) in [6, 6.07) is 19.5. The molecule has 4 rings (SSSR count). The van der Waals surface area contributed by atoms with Crippen LogP contribution in [0.1, 0.15) is 0 Å². The van der Waals surface area contributed by atoms with Gasteiger partial charge in [-0.1, -0.05) is 30.3 Å². The summed E-state index contributed by atoms with van der Waals surface area (Å²) in [5.41, 5.74) is 1.59. The number of fused-ring (bicyclic) bond motifs is 4. The van der Waals surface area contributed by atoms with Gasteiger partial charge in [-0.25, -0.2) is 0 Å². The van der Waals surface area contributed by atoms with Gasteiger partial charge >= 0.3 is 0 Å². The van der Waals surface area contributed by atoms with Crippen LogP contribution in [0.5, 0.6) is 17.2 Å². The number of phenolic OH excluding ortho intramolecular Hbond substituents is 1. The molecule has 2 bridgehead atoms. The Labute approximate surface area is 191 Å². The van der Waals surface area contributed by atoms with Gasteiger partial charge in [0.15, 0.2) is 5.75 Å². The van der Waals surface area contributed by atoms with E-state index < -0.39 is 0 Å². The highest BCUT2D eigenvalue weighted by Crippen LogP contribution is 2.39. The summed E-state index contributed by atoms with van der Waals surface area (Å²) >= 11 is 0. The minimum Gasteiger partial charge on any atom is -0.504 e. The highest BCUT2D eigenvalue weighted by Gasteiger charge is 2.09. The standard InChI is InChI=1S/C24H24N4O5/c29-24-20-8-5-9-21(24)28-26-19-7-2-4-11-23(19)33-17-15-31-13-12-30-14-16-32-22-10-3-1-6-18(22)25-27-20/h1-11,29H,12-17H2. The van der Waals surface area contributed by atoms with Gasteiger partial charge in [0, 0.05) is 0 Å². The molecule has 0 aliphatic carbocycles. The lowest BCUT2D eigenvalue weighted by Gasteiger charge is -2.10. The average Bonchev–Trinajstić information content (AvgIpc) is 2.84. The Balaban J connectivity index is 1.62. The van der Waals surface area contributed by atoms with Crippen molar-refractivity contribution in [1.82, 2.24) is 0 Å². The maximum absolute atomic E-state index is 10.6. The Bertz CT molecular complexity index is 1040. The average molecular weight is 448 g/mol. The number of aromatic hydroxyl groups is 1. The zero-order valence-corrected chi connectivity index (χ0v) is 18.0. The zero-order chi connectivity index (χ0) is 22.7. The van der Waals surface area contributed by atoms with Crippen molar-refractivity contribution in [3.8, 4) is 17.2 Å². The van der Waals surface area contributed by atoms with Crippen LogP contribution in [0.15, 0.2) is 87.2 Å². The molecule has 3 aromatic rings. The van der Waals surface area contributed by atoms with Crippen LogP contribution in [0.3, 0.4) is 0 Å². The molecule has 0 radical (unpaired) electrons. The van der Waals surface area contributed by atoms with E-state index in [2.05, 4.69) is 20.5 Å². The number of hydrogen-bond acceptors (Lipinski definition) is 9. The van der Waals surface area contributed by atoms with Crippen molar-refractivity contribution < 1.29 is 24.1 Å². The van der Waals surface area contributed by atoms with E-state index in [0.717, 1.165) is 0 Å². The van der Waals surface area contributed by atoms with Crippen molar-refractivity contribution in [2.24, 2.45) is 20.5 Å². The van der Waals surface area contributed by atoms with E-state index >= 15 is 0 Å². The van der Waals surface area contributed by atoms with Gasteiger partial charge in [-0.3, -0.25) is 0 Å². The van der Waals surface area contributed by atoms with Gasteiger partial charge in [-0.05, 0) is 36.4 Å². The van der Waals surface area contributed by atoms with Gasteiger partial charge in [-0.2, -0.15) is 0 Å². The molecule has 1 heterocycles. The predicted molar refractivity (Wildman–Crippen MR) is 122 cm³/mol. The summed E-state index contributed by atoms with van der Waals surface area (Å²) in [6.45, 7) is 2.42. The molecule has 1 aliphatic rings. The maximum Gasteiger partial charge on any atom is 0.171 e. The van der Waals surface area contributed by atoms with E-state index in [1.807, 2.05) is 24.3 Å². The van der Waals surface area contributed by atoms with Crippen LogP contribution in [0.2, 0.25) is 0 Å². The molecule has 0 atom stereocenters. The molecule has 3 aromatic carbocycles. The third kappa shape index (κ3) is 6.34. The van der Waals surface area contributed by atoms with Crippen molar-refractivity contribution >= 4 is 22.7 Å². The van der Waals surface area contributed by atoms with Gasteiger partial charge in [0.1, 0.15) is 47.5 Å². The molecule has 9 heteroatoms. The highest BCUT2D eigenvalue weighted by atomic mass is 16.6. The minimum atomic E-state index is -0.130. The van der Waals surface area contributed by atoms with Crippen LogP contribution in [0.25, 0.3) is 0 Å². The summed E-state index contributed by atoms with van der Waals surface area (Å²) in [7, 11) is 0. The number of hydrogen-bond donors (Lipinski definition) is 1. The fourth-order valence-electron chi connectivity index (χ4n) is 2.96. The van der Waals surface area contributed by atoms with Crippen LogP contribution < -0.4 is 9.47 Å². The van der Waals surface area contributed by atoms with Crippen LogP contribution in [0.4, 0.5) is 22.7 Å². The molecule has 1 aliphatic heterocycles. The fraction of sp³-hybridized carbons (Fsp3) is 0.250. The van der Waals surface area contributed by atoms with Gasteiger partial charge in [-0.15, -0.1) is 20.5 Å². The molecule has 0 saturated heterocycles. The largest absolute Gasteiger partial charge is 0.504 e. The number of rotatable bonds is 0. The molecule has 1 N–H and O–H groups in total. The summed E-state index contributed by atoms with van der Waals surface area (Å²) in [5.74, 6) is 1.00. The molecule has 0 saturated carbocycles. The number of nitrogens with zero attached hydrogens (tertiary/aromatic N) is 4. The SMILES string of the molecule is Oc1c2cccc1N=Nc1ccccc1OCCOCCOCCOc1ccccc1N=N2. The van der Waals surface area contributed by atoms with E-state index in [9.17, 15) is 5.11 Å². The predicted octanol–water partition coefficient (Wildman–Crippen LogP) is 6.03. The summed E-state index contributed by atoms with van der Waals surface area (Å²) in [6.07, 6.45) is 0. The second kappa shape index (κ2) is 11.7. The van der Waals surface area contributed by atoms with Gasteiger partial charge in [0.05, 0.1) is 26.4 Å². The second-order valence-electron chi connectivity index (χ2n) is 6.90. The molecule has 0 fully saturated rings. The molecular formula is C24H24N4O5. The number of phenols is 1. The third-order valence-electron chi connectivity index (χ3n) is 4.60. The first kappa shape index (κ1) is 22.4. The monoisotopic (exact) mass is 448 g/mol. The molecule has 170 valence electrons. The van der Waals surface area contributed by atoms with Crippen LogP contribution in [0, 0.1) is 0 Å².